The van der Waals surface area contributed by atoms with Gasteiger partial charge in [0, 0.05) is 5.69 Å². The second-order valence-electron chi connectivity index (χ2n) is 5.53. The maximum atomic E-state index is 12.5. The van der Waals surface area contributed by atoms with E-state index >= 15 is 0 Å². The average Bonchev–Trinajstić information content (AvgIpc) is 2.43. The second kappa shape index (κ2) is 5.44. The van der Waals surface area contributed by atoms with E-state index in [4.69, 9.17) is 0 Å². The molecule has 19 heavy (non-hydrogen) atoms. The molecule has 1 aromatic carbocycles. The molecule has 1 amide bonds. The van der Waals surface area contributed by atoms with E-state index in [0.29, 0.717) is 12.8 Å². The highest BCUT2D eigenvalue weighted by molar-refractivity contribution is 5.97. The van der Waals surface area contributed by atoms with Crippen molar-refractivity contribution in [2.75, 3.05) is 5.32 Å². The zero-order chi connectivity index (χ0) is 13.9. The number of anilines is 1. The number of amides is 1. The number of hydrogen-bond acceptors (Lipinski definition) is 2. The van der Waals surface area contributed by atoms with Crippen molar-refractivity contribution in [2.24, 2.45) is 5.41 Å². The Morgan fingerprint density at radius 3 is 2.58 bits per heavy atom. The van der Waals surface area contributed by atoms with Crippen molar-refractivity contribution in [2.45, 2.75) is 46.0 Å². The first kappa shape index (κ1) is 13.6. The van der Waals surface area contributed by atoms with Crippen molar-refractivity contribution >= 4 is 11.6 Å². The van der Waals surface area contributed by atoms with Crippen molar-refractivity contribution in [3.8, 4) is 6.07 Å². The topological polar surface area (TPSA) is 52.9 Å². The van der Waals surface area contributed by atoms with Crippen LogP contribution < -0.4 is 5.32 Å². The van der Waals surface area contributed by atoms with Gasteiger partial charge in [-0.15, -0.1) is 0 Å². The van der Waals surface area contributed by atoms with E-state index in [1.165, 1.54) is 0 Å². The molecule has 1 N–H and O–H groups in total. The Hall–Kier alpha value is -1.82. The van der Waals surface area contributed by atoms with Crippen LogP contribution in [0.1, 0.15) is 43.2 Å². The molecule has 100 valence electrons. The molecule has 1 aliphatic rings. The number of rotatable bonds is 2. The van der Waals surface area contributed by atoms with E-state index in [9.17, 15) is 10.1 Å². The highest BCUT2D eigenvalue weighted by Crippen LogP contribution is 2.37. The van der Waals surface area contributed by atoms with Crippen LogP contribution in [0.4, 0.5) is 5.69 Å². The largest absolute Gasteiger partial charge is 0.324 e. The summed E-state index contributed by atoms with van der Waals surface area (Å²) >= 11 is 0. The van der Waals surface area contributed by atoms with Crippen LogP contribution in [0.5, 0.6) is 0 Å². The summed E-state index contributed by atoms with van der Waals surface area (Å²) in [5, 5.41) is 12.4. The van der Waals surface area contributed by atoms with E-state index in [1.807, 2.05) is 32.0 Å². The molecule has 0 radical (unpaired) electrons. The monoisotopic (exact) mass is 256 g/mol. The quantitative estimate of drug-likeness (QED) is 0.876. The smallest absolute Gasteiger partial charge is 0.244 e. The molecule has 0 aromatic heterocycles. The number of hydrogen-bond donors (Lipinski definition) is 1. The van der Waals surface area contributed by atoms with Gasteiger partial charge in [-0.3, -0.25) is 4.79 Å². The van der Waals surface area contributed by atoms with Gasteiger partial charge in [0.1, 0.15) is 5.41 Å². The van der Waals surface area contributed by atoms with Gasteiger partial charge < -0.3 is 5.32 Å². The number of benzene rings is 1. The highest BCUT2D eigenvalue weighted by atomic mass is 16.2. The minimum atomic E-state index is -0.825. The molecule has 3 heteroatoms. The summed E-state index contributed by atoms with van der Waals surface area (Å²) < 4.78 is 0. The molecule has 0 saturated heterocycles. The summed E-state index contributed by atoms with van der Waals surface area (Å²) in [5.41, 5.74) is 2.14. The summed E-state index contributed by atoms with van der Waals surface area (Å²) in [7, 11) is 0. The van der Waals surface area contributed by atoms with Crippen LogP contribution in [-0.4, -0.2) is 5.91 Å². The van der Waals surface area contributed by atoms with Crippen LogP contribution in [-0.2, 0) is 4.79 Å². The lowest BCUT2D eigenvalue weighted by Gasteiger charge is -2.29. The molecular weight excluding hydrogens is 236 g/mol. The lowest BCUT2D eigenvalue weighted by molar-refractivity contribution is -0.124. The normalized spacial score (nSPS) is 17.5. The van der Waals surface area contributed by atoms with Gasteiger partial charge in [-0.25, -0.2) is 0 Å². The third kappa shape index (κ3) is 2.78. The highest BCUT2D eigenvalue weighted by Gasteiger charge is 2.39. The molecule has 0 spiro atoms. The van der Waals surface area contributed by atoms with Crippen molar-refractivity contribution in [1.82, 2.24) is 0 Å². The van der Waals surface area contributed by atoms with Gasteiger partial charge >= 0.3 is 0 Å². The SMILES string of the molecule is Cc1ccc(C)c(NC(=O)C2(C#N)CCCCC2)c1. The molecule has 0 unspecified atom stereocenters. The van der Waals surface area contributed by atoms with Crippen LogP contribution in [0.25, 0.3) is 0 Å². The van der Waals surface area contributed by atoms with Gasteiger partial charge in [0.05, 0.1) is 6.07 Å². The van der Waals surface area contributed by atoms with Crippen LogP contribution in [0, 0.1) is 30.6 Å². The third-order valence-corrected chi connectivity index (χ3v) is 4.00. The van der Waals surface area contributed by atoms with Gasteiger partial charge in [-0.05, 0) is 43.9 Å². The van der Waals surface area contributed by atoms with Crippen LogP contribution in [0.2, 0.25) is 0 Å². The second-order valence-corrected chi connectivity index (χ2v) is 5.53. The van der Waals surface area contributed by atoms with Crippen LogP contribution in [0.3, 0.4) is 0 Å². The van der Waals surface area contributed by atoms with Gasteiger partial charge in [-0.1, -0.05) is 31.4 Å². The summed E-state index contributed by atoms with van der Waals surface area (Å²) in [4.78, 5) is 12.5. The molecule has 1 aliphatic carbocycles. The standard InChI is InChI=1S/C16H20N2O/c1-12-6-7-13(2)14(10-12)18-15(19)16(11-17)8-4-3-5-9-16/h6-7,10H,3-5,8-9H2,1-2H3,(H,18,19). The fraction of sp³-hybridized carbons (Fsp3) is 0.500. The van der Waals surface area contributed by atoms with Gasteiger partial charge in [0.2, 0.25) is 5.91 Å². The van der Waals surface area contributed by atoms with Crippen LogP contribution in [0.15, 0.2) is 18.2 Å². The molecule has 0 aliphatic heterocycles. The van der Waals surface area contributed by atoms with E-state index in [1.54, 1.807) is 0 Å². The molecule has 3 nitrogen and oxygen atoms in total. The Labute approximate surface area is 114 Å². The fourth-order valence-corrected chi connectivity index (χ4v) is 2.66. The van der Waals surface area contributed by atoms with Crippen molar-refractivity contribution in [3.05, 3.63) is 29.3 Å². The van der Waals surface area contributed by atoms with Crippen molar-refractivity contribution < 1.29 is 4.79 Å². The predicted molar refractivity (Wildman–Crippen MR) is 75.7 cm³/mol. The number of nitrogens with one attached hydrogen (secondary N) is 1. The maximum Gasteiger partial charge on any atom is 0.244 e. The first-order valence-corrected chi connectivity index (χ1v) is 6.87. The van der Waals surface area contributed by atoms with Gasteiger partial charge in [0.25, 0.3) is 0 Å². The molecular formula is C16H20N2O. The first-order valence-electron chi connectivity index (χ1n) is 6.87. The van der Waals surface area contributed by atoms with E-state index < -0.39 is 5.41 Å². The fourth-order valence-electron chi connectivity index (χ4n) is 2.66. The summed E-state index contributed by atoms with van der Waals surface area (Å²) in [5.74, 6) is -0.136. The molecule has 0 bridgehead atoms. The summed E-state index contributed by atoms with van der Waals surface area (Å²) in [6, 6.07) is 8.23. The molecule has 2 rings (SSSR count). The Balaban J connectivity index is 2.20. The molecule has 0 heterocycles. The minimum Gasteiger partial charge on any atom is -0.324 e. The van der Waals surface area contributed by atoms with Crippen molar-refractivity contribution in [3.63, 3.8) is 0 Å². The predicted octanol–water partition coefficient (Wildman–Crippen LogP) is 3.72. The number of aryl methyl sites for hydroxylation is 2. The Kier molecular flexibility index (Phi) is 3.90. The number of carbonyl (C=O) groups excluding carboxylic acids is 1. The first-order chi connectivity index (χ1) is 9.07. The Morgan fingerprint density at radius 1 is 1.26 bits per heavy atom. The molecule has 1 aromatic rings. The number of nitriles is 1. The number of carbonyl (C=O) groups is 1. The molecule has 1 fully saturated rings. The summed E-state index contributed by atoms with van der Waals surface area (Å²) in [6.45, 7) is 3.96. The van der Waals surface area contributed by atoms with E-state index in [0.717, 1.165) is 36.1 Å². The third-order valence-electron chi connectivity index (χ3n) is 4.00. The molecule has 1 saturated carbocycles. The zero-order valence-corrected chi connectivity index (χ0v) is 11.6. The van der Waals surface area contributed by atoms with Gasteiger partial charge in [0.15, 0.2) is 0 Å². The lowest BCUT2D eigenvalue weighted by atomic mass is 9.74. The van der Waals surface area contributed by atoms with E-state index in [2.05, 4.69) is 11.4 Å². The van der Waals surface area contributed by atoms with E-state index in [-0.39, 0.29) is 5.91 Å². The minimum absolute atomic E-state index is 0.136. The maximum absolute atomic E-state index is 12.5. The van der Waals surface area contributed by atoms with Crippen molar-refractivity contribution in [1.29, 1.82) is 5.26 Å². The lowest BCUT2D eigenvalue weighted by Crippen LogP contribution is -2.37. The van der Waals surface area contributed by atoms with Gasteiger partial charge in [-0.2, -0.15) is 5.26 Å². The zero-order valence-electron chi connectivity index (χ0n) is 11.6. The average molecular weight is 256 g/mol. The molecule has 0 atom stereocenters. The van der Waals surface area contributed by atoms with Crippen LogP contribution >= 0.6 is 0 Å². The Bertz CT molecular complexity index is 522. The Morgan fingerprint density at radius 2 is 1.95 bits per heavy atom. The number of nitrogens with zero attached hydrogens (tertiary/aromatic N) is 1. The summed E-state index contributed by atoms with van der Waals surface area (Å²) in [6.07, 6.45) is 4.42.